The molecule has 0 radical (unpaired) electrons. The minimum Gasteiger partial charge on any atom is -0.390 e. The summed E-state index contributed by atoms with van der Waals surface area (Å²) < 4.78 is 2.46. The fraction of sp³-hybridized carbons (Fsp3) is 1.00. The van der Waals surface area contributed by atoms with E-state index in [4.69, 9.17) is 10.2 Å². The molecule has 2 unspecified atom stereocenters. The van der Waals surface area contributed by atoms with Gasteiger partial charge in [-0.25, -0.2) is 0 Å². The molecular formula is C4H9NO3S2. The highest BCUT2D eigenvalue weighted by molar-refractivity contribution is 7.97. The van der Waals surface area contributed by atoms with Gasteiger partial charge in [0.1, 0.15) is 0 Å². The molecule has 0 bridgehead atoms. The lowest BCUT2D eigenvalue weighted by Gasteiger charge is -2.12. The lowest BCUT2D eigenvalue weighted by atomic mass is 10.3. The van der Waals surface area contributed by atoms with Gasteiger partial charge in [0.15, 0.2) is 0 Å². The van der Waals surface area contributed by atoms with Crippen molar-refractivity contribution in [3.05, 3.63) is 4.91 Å². The van der Waals surface area contributed by atoms with Crippen LogP contribution in [0.4, 0.5) is 0 Å². The van der Waals surface area contributed by atoms with E-state index >= 15 is 0 Å². The summed E-state index contributed by atoms with van der Waals surface area (Å²) in [4.78, 5) is 9.52. The van der Waals surface area contributed by atoms with E-state index in [9.17, 15) is 4.91 Å². The Labute approximate surface area is 68.5 Å². The van der Waals surface area contributed by atoms with Crippen molar-refractivity contribution in [2.24, 2.45) is 4.58 Å². The quantitative estimate of drug-likeness (QED) is 0.320. The van der Waals surface area contributed by atoms with E-state index in [1.54, 1.807) is 0 Å². The normalized spacial score (nSPS) is 16.3. The molecule has 0 amide bonds. The molecule has 0 aliphatic heterocycles. The molecule has 0 aromatic heterocycles. The van der Waals surface area contributed by atoms with Gasteiger partial charge in [0.05, 0.1) is 12.2 Å². The van der Waals surface area contributed by atoms with Crippen molar-refractivity contribution >= 4 is 24.6 Å². The Kier molecular flexibility index (Phi) is 6.10. The second kappa shape index (κ2) is 5.96. The van der Waals surface area contributed by atoms with E-state index < -0.39 is 12.2 Å². The Hall–Kier alpha value is 0.220. The lowest BCUT2D eigenvalue weighted by Crippen LogP contribution is -2.29. The van der Waals surface area contributed by atoms with Crippen LogP contribution in [0.15, 0.2) is 4.58 Å². The van der Waals surface area contributed by atoms with Crippen LogP contribution in [0.5, 0.6) is 0 Å². The molecule has 0 aliphatic rings. The lowest BCUT2D eigenvalue weighted by molar-refractivity contribution is 0.0502. The predicted molar refractivity (Wildman–Crippen MR) is 44.1 cm³/mol. The number of hydrogen-bond donors (Lipinski definition) is 3. The number of rotatable bonds is 5. The second-order valence-corrected chi connectivity index (χ2v) is 2.79. The monoisotopic (exact) mass is 183 g/mol. The van der Waals surface area contributed by atoms with E-state index in [1.165, 1.54) is 0 Å². The van der Waals surface area contributed by atoms with Gasteiger partial charge in [-0.05, 0) is 0 Å². The van der Waals surface area contributed by atoms with Crippen LogP contribution in [0.3, 0.4) is 0 Å². The van der Waals surface area contributed by atoms with Crippen molar-refractivity contribution in [1.29, 1.82) is 0 Å². The first-order valence-corrected chi connectivity index (χ1v) is 4.21. The molecule has 0 aromatic carbocycles. The van der Waals surface area contributed by atoms with E-state index in [2.05, 4.69) is 17.2 Å². The van der Waals surface area contributed by atoms with Crippen LogP contribution in [0, 0.1) is 4.91 Å². The van der Waals surface area contributed by atoms with Crippen LogP contribution < -0.4 is 0 Å². The smallest absolute Gasteiger partial charge is 0.0916 e. The largest absolute Gasteiger partial charge is 0.390 e. The highest BCUT2D eigenvalue weighted by Crippen LogP contribution is 2.06. The molecule has 0 rings (SSSR count). The number of nitroso groups, excluding NO2 is 1. The molecule has 0 fully saturated rings. The Morgan fingerprint density at radius 3 is 2.50 bits per heavy atom. The molecule has 0 aromatic rings. The van der Waals surface area contributed by atoms with Crippen LogP contribution in [0.1, 0.15) is 0 Å². The van der Waals surface area contributed by atoms with E-state index in [0.717, 1.165) is 0 Å². The Morgan fingerprint density at radius 1 is 1.50 bits per heavy atom. The van der Waals surface area contributed by atoms with Crippen LogP contribution in [-0.4, -0.2) is 33.9 Å². The highest BCUT2D eigenvalue weighted by atomic mass is 32.2. The van der Waals surface area contributed by atoms with Crippen LogP contribution in [0.25, 0.3) is 0 Å². The first kappa shape index (κ1) is 10.2. The van der Waals surface area contributed by atoms with Crippen molar-refractivity contribution in [1.82, 2.24) is 0 Å². The minimum atomic E-state index is -0.916. The third kappa shape index (κ3) is 4.10. The number of aliphatic hydroxyl groups excluding tert-OH is 2. The maximum atomic E-state index is 9.52. The standard InChI is InChI=1S/C4H9NO3S2/c6-3(1-9)4(7)2-10-5-8/h3-4,6-7,9H,1-2H2. The SMILES string of the molecule is O=NSCC(O)C(O)CS. The molecule has 2 N–H and O–H groups in total. The molecule has 0 saturated heterocycles. The van der Waals surface area contributed by atoms with Gasteiger partial charge >= 0.3 is 0 Å². The van der Waals surface area contributed by atoms with Gasteiger partial charge in [-0.2, -0.15) is 12.6 Å². The van der Waals surface area contributed by atoms with Crippen molar-refractivity contribution < 1.29 is 10.2 Å². The summed E-state index contributed by atoms with van der Waals surface area (Å²) in [5, 5.41) is 17.8. The first-order chi connectivity index (χ1) is 4.72. The molecule has 0 spiro atoms. The zero-order chi connectivity index (χ0) is 7.98. The molecule has 60 valence electrons. The summed E-state index contributed by atoms with van der Waals surface area (Å²) in [6.45, 7) is 0. The summed E-state index contributed by atoms with van der Waals surface area (Å²) in [6, 6.07) is 0. The summed E-state index contributed by atoms with van der Waals surface area (Å²) >= 11 is 4.43. The van der Waals surface area contributed by atoms with Gasteiger partial charge in [-0.15, -0.1) is 4.91 Å². The Bertz CT molecular complexity index is 103. The third-order valence-corrected chi connectivity index (χ3v) is 1.90. The molecule has 4 nitrogen and oxygen atoms in total. The van der Waals surface area contributed by atoms with Gasteiger partial charge in [0.2, 0.25) is 0 Å². The highest BCUT2D eigenvalue weighted by Gasteiger charge is 2.14. The van der Waals surface area contributed by atoms with Crippen LogP contribution in [-0.2, 0) is 0 Å². The van der Waals surface area contributed by atoms with Gasteiger partial charge in [0, 0.05) is 28.0 Å². The van der Waals surface area contributed by atoms with Crippen molar-refractivity contribution in [2.75, 3.05) is 11.5 Å². The fourth-order valence-corrected chi connectivity index (χ4v) is 1.02. The number of hydrogen-bond acceptors (Lipinski definition) is 6. The summed E-state index contributed by atoms with van der Waals surface area (Å²) in [6.07, 6.45) is -1.79. The summed E-state index contributed by atoms with van der Waals surface area (Å²) in [5.74, 6) is 0.297. The van der Waals surface area contributed by atoms with Crippen molar-refractivity contribution in [3.8, 4) is 0 Å². The van der Waals surface area contributed by atoms with E-state index in [0.29, 0.717) is 11.9 Å². The van der Waals surface area contributed by atoms with Gasteiger partial charge < -0.3 is 10.2 Å². The molecule has 6 heteroatoms. The maximum absolute atomic E-state index is 9.52. The van der Waals surface area contributed by atoms with Crippen LogP contribution in [0.2, 0.25) is 0 Å². The zero-order valence-electron chi connectivity index (χ0n) is 5.17. The summed E-state index contributed by atoms with van der Waals surface area (Å²) in [5.41, 5.74) is 0. The van der Waals surface area contributed by atoms with Gasteiger partial charge in [0.25, 0.3) is 0 Å². The van der Waals surface area contributed by atoms with Crippen molar-refractivity contribution in [3.63, 3.8) is 0 Å². The average Bonchev–Trinajstić information content (AvgIpc) is 1.98. The molecule has 2 atom stereocenters. The van der Waals surface area contributed by atoms with E-state index in [-0.39, 0.29) is 11.5 Å². The van der Waals surface area contributed by atoms with E-state index in [1.807, 2.05) is 0 Å². The maximum Gasteiger partial charge on any atom is 0.0916 e. The fourth-order valence-electron chi connectivity index (χ4n) is 0.340. The number of aliphatic hydroxyl groups is 2. The zero-order valence-corrected chi connectivity index (χ0v) is 6.89. The second-order valence-electron chi connectivity index (χ2n) is 1.69. The molecule has 0 aliphatic carbocycles. The van der Waals surface area contributed by atoms with Gasteiger partial charge in [-0.3, -0.25) is 0 Å². The van der Waals surface area contributed by atoms with Crippen molar-refractivity contribution in [2.45, 2.75) is 12.2 Å². The Morgan fingerprint density at radius 2 is 2.10 bits per heavy atom. The van der Waals surface area contributed by atoms with Gasteiger partial charge in [-0.1, -0.05) is 0 Å². The minimum absolute atomic E-state index is 0.116. The average molecular weight is 183 g/mol. The molecule has 10 heavy (non-hydrogen) atoms. The molecule has 0 saturated carbocycles. The first-order valence-electron chi connectivity index (χ1n) is 2.64. The third-order valence-electron chi connectivity index (χ3n) is 0.929. The molecule has 0 heterocycles. The predicted octanol–water partition coefficient (Wildman–Crippen LogP) is 0.0526. The topological polar surface area (TPSA) is 69.9 Å². The van der Waals surface area contributed by atoms with Crippen LogP contribution >= 0.6 is 24.6 Å². The summed E-state index contributed by atoms with van der Waals surface area (Å²) in [7, 11) is 0. The number of nitrogens with zero attached hydrogens (tertiary/aromatic N) is 1. The molecular weight excluding hydrogens is 174 g/mol. The number of thiol groups is 1. The Balaban J connectivity index is 3.40.